The molecule has 2 aromatic carbocycles. The molecule has 0 unspecified atom stereocenters. The Labute approximate surface area is 168 Å². The van der Waals surface area contributed by atoms with Gasteiger partial charge >= 0.3 is 0 Å². The molecular weight excluding hydrogens is 364 g/mol. The van der Waals surface area contributed by atoms with Crippen LogP contribution >= 0.6 is 0 Å². The van der Waals surface area contributed by atoms with Crippen LogP contribution in [0.2, 0.25) is 0 Å². The number of pyridine rings is 1. The van der Waals surface area contributed by atoms with Gasteiger partial charge in [-0.2, -0.15) is 0 Å². The fourth-order valence-electron chi connectivity index (χ4n) is 3.11. The van der Waals surface area contributed by atoms with Crippen molar-refractivity contribution in [1.29, 1.82) is 0 Å². The first kappa shape index (κ1) is 18.7. The Kier molecular flexibility index (Phi) is 5.54. The van der Waals surface area contributed by atoms with E-state index in [1.807, 2.05) is 72.9 Å². The van der Waals surface area contributed by atoms with Crippen LogP contribution in [0.5, 0.6) is 11.5 Å². The van der Waals surface area contributed by atoms with Crippen LogP contribution in [0, 0.1) is 0 Å². The Balaban J connectivity index is 1.34. The minimum Gasteiger partial charge on any atom is -0.457 e. The number of ether oxygens (including phenoxy) is 1. The van der Waals surface area contributed by atoms with Gasteiger partial charge in [0.25, 0.3) is 0 Å². The molecule has 0 aliphatic heterocycles. The van der Waals surface area contributed by atoms with Gasteiger partial charge in [0.15, 0.2) is 0 Å². The number of aromatic amines is 1. The Morgan fingerprint density at radius 2 is 1.83 bits per heavy atom. The minimum atomic E-state index is -0.606. The molecule has 2 aromatic heterocycles. The highest BCUT2D eigenvalue weighted by atomic mass is 16.5. The van der Waals surface area contributed by atoms with Crippen LogP contribution in [0.3, 0.4) is 0 Å². The summed E-state index contributed by atoms with van der Waals surface area (Å²) in [4.78, 5) is 19.6. The van der Waals surface area contributed by atoms with E-state index in [9.17, 15) is 4.79 Å². The largest absolute Gasteiger partial charge is 0.457 e. The number of fused-ring (bicyclic) bond motifs is 1. The predicted octanol–water partition coefficient (Wildman–Crippen LogP) is 3.54. The maximum absolute atomic E-state index is 12.3. The molecule has 1 atom stereocenters. The van der Waals surface area contributed by atoms with Crippen molar-refractivity contribution in [2.75, 3.05) is 0 Å². The van der Waals surface area contributed by atoms with Crippen LogP contribution in [-0.4, -0.2) is 21.9 Å². The van der Waals surface area contributed by atoms with E-state index < -0.39 is 6.04 Å². The Morgan fingerprint density at radius 3 is 2.62 bits per heavy atom. The number of nitrogens with zero attached hydrogens (tertiary/aromatic N) is 1. The van der Waals surface area contributed by atoms with Crippen molar-refractivity contribution >= 4 is 16.9 Å². The molecule has 6 heteroatoms. The zero-order valence-electron chi connectivity index (χ0n) is 15.8. The number of nitrogens with two attached hydrogens (primary N) is 1. The second-order valence-electron chi connectivity index (χ2n) is 6.81. The quantitative estimate of drug-likeness (QED) is 0.453. The van der Waals surface area contributed by atoms with E-state index in [1.54, 1.807) is 6.20 Å². The van der Waals surface area contributed by atoms with Crippen molar-refractivity contribution in [2.24, 2.45) is 5.73 Å². The highest BCUT2D eigenvalue weighted by Gasteiger charge is 2.14. The number of nitrogens with one attached hydrogen (secondary N) is 2. The average Bonchev–Trinajstić information content (AvgIpc) is 3.24. The summed E-state index contributed by atoms with van der Waals surface area (Å²) < 4.78 is 5.97. The van der Waals surface area contributed by atoms with E-state index >= 15 is 0 Å². The lowest BCUT2D eigenvalue weighted by Crippen LogP contribution is -2.41. The Bertz CT molecular complexity index is 1090. The third-order valence-corrected chi connectivity index (χ3v) is 4.67. The summed E-state index contributed by atoms with van der Waals surface area (Å²) in [7, 11) is 0. The number of aromatic nitrogens is 2. The monoisotopic (exact) mass is 386 g/mol. The van der Waals surface area contributed by atoms with E-state index in [-0.39, 0.29) is 5.91 Å². The number of amides is 1. The van der Waals surface area contributed by atoms with Crippen molar-refractivity contribution < 1.29 is 9.53 Å². The van der Waals surface area contributed by atoms with Crippen molar-refractivity contribution in [1.82, 2.24) is 15.3 Å². The Morgan fingerprint density at radius 1 is 1.03 bits per heavy atom. The molecule has 4 rings (SSSR count). The lowest BCUT2D eigenvalue weighted by atomic mass is 10.1. The van der Waals surface area contributed by atoms with Gasteiger partial charge in [0.2, 0.25) is 5.91 Å². The van der Waals surface area contributed by atoms with Crippen LogP contribution in [0.4, 0.5) is 0 Å². The molecule has 29 heavy (non-hydrogen) atoms. The molecule has 4 aromatic rings. The summed E-state index contributed by atoms with van der Waals surface area (Å²) in [5.74, 6) is 1.28. The average molecular weight is 386 g/mol. The highest BCUT2D eigenvalue weighted by molar-refractivity contribution is 5.82. The third kappa shape index (κ3) is 4.62. The van der Waals surface area contributed by atoms with Crippen molar-refractivity contribution in [3.8, 4) is 11.5 Å². The molecule has 2 heterocycles. The summed E-state index contributed by atoms with van der Waals surface area (Å²) in [6, 6.07) is 20.5. The molecule has 0 radical (unpaired) electrons. The van der Waals surface area contributed by atoms with Crippen LogP contribution in [0.15, 0.2) is 79.1 Å². The van der Waals surface area contributed by atoms with Crippen LogP contribution in [0.1, 0.15) is 11.1 Å². The SMILES string of the molecule is N[C@H](Cc1ccc(Oc2ccnc3[nH]ccc23)cc1)C(=O)NCc1ccccc1. The molecule has 1 amide bonds. The number of rotatable bonds is 7. The van der Waals surface area contributed by atoms with Crippen molar-refractivity contribution in [3.05, 3.63) is 90.3 Å². The maximum atomic E-state index is 12.3. The van der Waals surface area contributed by atoms with Gasteiger partial charge in [0, 0.05) is 18.9 Å². The van der Waals surface area contributed by atoms with Gasteiger partial charge in [-0.15, -0.1) is 0 Å². The molecule has 6 nitrogen and oxygen atoms in total. The molecule has 0 saturated heterocycles. The second kappa shape index (κ2) is 8.58. The van der Waals surface area contributed by atoms with E-state index in [0.29, 0.717) is 18.7 Å². The van der Waals surface area contributed by atoms with Gasteiger partial charge in [-0.05, 0) is 41.8 Å². The third-order valence-electron chi connectivity index (χ3n) is 4.67. The van der Waals surface area contributed by atoms with Crippen LogP contribution in [0.25, 0.3) is 11.0 Å². The standard InChI is InChI=1S/C23H22N4O2/c24-20(23(28)27-15-17-4-2-1-3-5-17)14-16-6-8-18(9-7-16)29-21-11-13-26-22-19(21)10-12-25-22/h1-13,20H,14-15,24H2,(H,25,26)(H,27,28)/t20-/m1/s1. The lowest BCUT2D eigenvalue weighted by molar-refractivity contribution is -0.122. The molecule has 0 aliphatic carbocycles. The summed E-state index contributed by atoms with van der Waals surface area (Å²) in [6.45, 7) is 0.472. The maximum Gasteiger partial charge on any atom is 0.237 e. The second-order valence-corrected chi connectivity index (χ2v) is 6.81. The number of H-pyrrole nitrogens is 1. The van der Waals surface area contributed by atoms with Gasteiger partial charge in [-0.3, -0.25) is 4.79 Å². The number of carbonyl (C=O) groups is 1. The van der Waals surface area contributed by atoms with E-state index in [0.717, 1.165) is 27.9 Å². The molecule has 146 valence electrons. The summed E-state index contributed by atoms with van der Waals surface area (Å²) >= 11 is 0. The Hall–Kier alpha value is -3.64. The van der Waals surface area contributed by atoms with Crippen LogP contribution < -0.4 is 15.8 Å². The van der Waals surface area contributed by atoms with E-state index in [2.05, 4.69) is 15.3 Å². The number of benzene rings is 2. The van der Waals surface area contributed by atoms with Gasteiger partial charge in [0.1, 0.15) is 17.1 Å². The van der Waals surface area contributed by atoms with Gasteiger partial charge in [0.05, 0.1) is 11.4 Å². The summed E-state index contributed by atoms with van der Waals surface area (Å²) in [5, 5.41) is 3.80. The fraction of sp³-hybridized carbons (Fsp3) is 0.130. The molecule has 0 spiro atoms. The fourth-order valence-corrected chi connectivity index (χ4v) is 3.11. The van der Waals surface area contributed by atoms with Crippen molar-refractivity contribution in [2.45, 2.75) is 19.0 Å². The predicted molar refractivity (Wildman–Crippen MR) is 113 cm³/mol. The number of hydrogen-bond acceptors (Lipinski definition) is 4. The zero-order valence-corrected chi connectivity index (χ0v) is 15.8. The first-order valence-electron chi connectivity index (χ1n) is 9.45. The molecule has 4 N–H and O–H groups in total. The van der Waals surface area contributed by atoms with E-state index in [1.165, 1.54) is 0 Å². The van der Waals surface area contributed by atoms with E-state index in [4.69, 9.17) is 10.5 Å². The smallest absolute Gasteiger partial charge is 0.237 e. The van der Waals surface area contributed by atoms with Gasteiger partial charge < -0.3 is 20.8 Å². The first-order chi connectivity index (χ1) is 14.2. The first-order valence-corrected chi connectivity index (χ1v) is 9.45. The van der Waals surface area contributed by atoms with Gasteiger partial charge in [-0.25, -0.2) is 4.98 Å². The lowest BCUT2D eigenvalue weighted by Gasteiger charge is -2.13. The summed E-state index contributed by atoms with van der Waals surface area (Å²) in [5.41, 5.74) is 8.87. The zero-order chi connectivity index (χ0) is 20.1. The molecule has 0 fully saturated rings. The normalized spacial score (nSPS) is 11.9. The minimum absolute atomic E-state index is 0.166. The van der Waals surface area contributed by atoms with Crippen LogP contribution in [-0.2, 0) is 17.8 Å². The topological polar surface area (TPSA) is 93.0 Å². The number of carbonyl (C=O) groups excluding carboxylic acids is 1. The molecular formula is C23H22N4O2. The highest BCUT2D eigenvalue weighted by Crippen LogP contribution is 2.28. The molecule has 0 aliphatic rings. The molecule has 0 saturated carbocycles. The summed E-state index contributed by atoms with van der Waals surface area (Å²) in [6.07, 6.45) is 3.99. The molecule has 0 bridgehead atoms. The number of hydrogen-bond donors (Lipinski definition) is 3. The van der Waals surface area contributed by atoms with Gasteiger partial charge in [-0.1, -0.05) is 42.5 Å². The van der Waals surface area contributed by atoms with Crippen molar-refractivity contribution in [3.63, 3.8) is 0 Å².